The predicted octanol–water partition coefficient (Wildman–Crippen LogP) is 4.94. The SMILES string of the molecule is CC(C)SC1=C(c2ccc(Cl)cc2)C(=O)N(CCc2ccc(F)cc2)C1=O. The third-order valence-corrected chi connectivity index (χ3v) is 5.49. The van der Waals surface area contributed by atoms with Crippen LogP contribution in [0.15, 0.2) is 53.4 Å². The second kappa shape index (κ2) is 8.28. The lowest BCUT2D eigenvalue weighted by Crippen LogP contribution is -2.33. The third-order valence-electron chi connectivity index (χ3n) is 4.15. The van der Waals surface area contributed by atoms with Crippen LogP contribution in [0.2, 0.25) is 5.02 Å². The van der Waals surface area contributed by atoms with Gasteiger partial charge in [-0.25, -0.2) is 4.39 Å². The van der Waals surface area contributed by atoms with Gasteiger partial charge in [-0.05, 0) is 41.8 Å². The van der Waals surface area contributed by atoms with Crippen molar-refractivity contribution in [1.29, 1.82) is 0 Å². The summed E-state index contributed by atoms with van der Waals surface area (Å²) in [5.41, 5.74) is 1.98. The first kappa shape index (κ1) is 19.6. The molecule has 2 amide bonds. The maximum absolute atomic E-state index is 13.1. The zero-order valence-electron chi connectivity index (χ0n) is 15.0. The molecule has 0 spiro atoms. The predicted molar refractivity (Wildman–Crippen MR) is 108 cm³/mol. The van der Waals surface area contributed by atoms with Crippen LogP contribution in [-0.4, -0.2) is 28.5 Å². The maximum Gasteiger partial charge on any atom is 0.268 e. The summed E-state index contributed by atoms with van der Waals surface area (Å²) in [4.78, 5) is 27.7. The lowest BCUT2D eigenvalue weighted by Gasteiger charge is -2.15. The quantitative estimate of drug-likeness (QED) is 0.641. The minimum absolute atomic E-state index is 0.163. The number of halogens is 2. The smallest absolute Gasteiger partial charge is 0.268 e. The lowest BCUT2D eigenvalue weighted by molar-refractivity contribution is -0.136. The van der Waals surface area contributed by atoms with Gasteiger partial charge < -0.3 is 0 Å². The first-order valence-electron chi connectivity index (χ1n) is 8.64. The van der Waals surface area contributed by atoms with Crippen molar-refractivity contribution in [3.8, 4) is 0 Å². The summed E-state index contributed by atoms with van der Waals surface area (Å²) in [5, 5.41) is 0.735. The van der Waals surface area contributed by atoms with Gasteiger partial charge in [0.1, 0.15) is 5.82 Å². The number of hydrogen-bond donors (Lipinski definition) is 0. The molecule has 0 bridgehead atoms. The Hall–Kier alpha value is -2.11. The molecule has 2 aromatic carbocycles. The lowest BCUT2D eigenvalue weighted by atomic mass is 10.1. The number of amides is 2. The van der Waals surface area contributed by atoms with E-state index in [1.165, 1.54) is 28.8 Å². The molecule has 0 saturated heterocycles. The van der Waals surface area contributed by atoms with Crippen LogP contribution < -0.4 is 0 Å². The van der Waals surface area contributed by atoms with E-state index in [-0.39, 0.29) is 29.4 Å². The molecule has 6 heteroatoms. The standard InChI is InChI=1S/C21H19ClFNO2S/c1-13(2)27-19-18(15-5-7-16(22)8-6-15)20(25)24(21(19)26)12-11-14-3-9-17(23)10-4-14/h3-10,13H,11-12H2,1-2H3. The number of nitrogens with zero attached hydrogens (tertiary/aromatic N) is 1. The first-order valence-corrected chi connectivity index (χ1v) is 9.90. The number of carbonyl (C=O) groups is 2. The highest BCUT2D eigenvalue weighted by Gasteiger charge is 2.39. The topological polar surface area (TPSA) is 37.4 Å². The van der Waals surface area contributed by atoms with Gasteiger partial charge in [-0.1, -0.05) is 49.7 Å². The summed E-state index contributed by atoms with van der Waals surface area (Å²) in [6.45, 7) is 4.22. The molecular formula is C21H19ClFNO2S. The van der Waals surface area contributed by atoms with E-state index in [9.17, 15) is 14.0 Å². The number of carbonyl (C=O) groups excluding carboxylic acids is 2. The summed E-state index contributed by atoms with van der Waals surface area (Å²) < 4.78 is 13.1. The first-order chi connectivity index (χ1) is 12.9. The largest absolute Gasteiger partial charge is 0.274 e. The van der Waals surface area contributed by atoms with Gasteiger partial charge >= 0.3 is 0 Å². The average molecular weight is 404 g/mol. The monoisotopic (exact) mass is 403 g/mol. The van der Waals surface area contributed by atoms with Crippen molar-refractivity contribution in [1.82, 2.24) is 4.90 Å². The molecule has 27 heavy (non-hydrogen) atoms. The van der Waals surface area contributed by atoms with Crippen molar-refractivity contribution in [2.45, 2.75) is 25.5 Å². The summed E-state index contributed by atoms with van der Waals surface area (Å²) in [6.07, 6.45) is 0.477. The highest BCUT2D eigenvalue weighted by molar-refractivity contribution is 8.04. The Bertz CT molecular complexity index is 891. The highest BCUT2D eigenvalue weighted by atomic mass is 35.5. The average Bonchev–Trinajstić information content (AvgIpc) is 2.85. The Morgan fingerprint density at radius 2 is 1.63 bits per heavy atom. The van der Waals surface area contributed by atoms with Gasteiger partial charge in [0.15, 0.2) is 0 Å². The summed E-state index contributed by atoms with van der Waals surface area (Å²) in [5.74, 6) is -0.882. The number of imide groups is 1. The van der Waals surface area contributed by atoms with Crippen molar-refractivity contribution < 1.29 is 14.0 Å². The van der Waals surface area contributed by atoms with Crippen LogP contribution in [0.5, 0.6) is 0 Å². The molecule has 0 atom stereocenters. The fraction of sp³-hybridized carbons (Fsp3) is 0.238. The molecule has 0 unspecified atom stereocenters. The van der Waals surface area contributed by atoms with Crippen molar-refractivity contribution in [2.75, 3.05) is 6.54 Å². The maximum atomic E-state index is 13.1. The summed E-state index contributed by atoms with van der Waals surface area (Å²) >= 11 is 7.34. The van der Waals surface area contributed by atoms with Gasteiger partial charge in [-0.2, -0.15) is 0 Å². The zero-order valence-corrected chi connectivity index (χ0v) is 16.6. The minimum Gasteiger partial charge on any atom is -0.274 e. The Balaban J connectivity index is 1.86. The molecule has 3 nitrogen and oxygen atoms in total. The normalized spacial score (nSPS) is 14.6. The molecule has 0 aromatic heterocycles. The molecule has 140 valence electrons. The van der Waals surface area contributed by atoms with E-state index in [0.717, 1.165) is 5.56 Å². The highest BCUT2D eigenvalue weighted by Crippen LogP contribution is 2.38. The van der Waals surface area contributed by atoms with Gasteiger partial charge in [0.25, 0.3) is 11.8 Å². The summed E-state index contributed by atoms with van der Waals surface area (Å²) in [7, 11) is 0. The van der Waals surface area contributed by atoms with Crippen molar-refractivity contribution in [2.24, 2.45) is 0 Å². The fourth-order valence-electron chi connectivity index (χ4n) is 2.87. The molecule has 0 saturated carbocycles. The van der Waals surface area contributed by atoms with E-state index >= 15 is 0 Å². The molecule has 2 aromatic rings. The number of thioether (sulfide) groups is 1. The van der Waals surface area contributed by atoms with E-state index in [2.05, 4.69) is 0 Å². The molecule has 0 aliphatic carbocycles. The van der Waals surface area contributed by atoms with E-state index in [0.29, 0.717) is 27.5 Å². The van der Waals surface area contributed by atoms with Gasteiger partial charge in [-0.3, -0.25) is 14.5 Å². The van der Waals surface area contributed by atoms with Crippen LogP contribution in [0.1, 0.15) is 25.0 Å². The Labute approximate surface area is 167 Å². The molecule has 0 radical (unpaired) electrons. The van der Waals surface area contributed by atoms with Gasteiger partial charge in [0.05, 0.1) is 10.5 Å². The summed E-state index contributed by atoms with van der Waals surface area (Å²) in [6, 6.07) is 13.0. The van der Waals surface area contributed by atoms with E-state index in [1.54, 1.807) is 36.4 Å². The van der Waals surface area contributed by atoms with Crippen LogP contribution in [0.3, 0.4) is 0 Å². The van der Waals surface area contributed by atoms with Crippen LogP contribution in [-0.2, 0) is 16.0 Å². The van der Waals surface area contributed by atoms with E-state index in [4.69, 9.17) is 11.6 Å². The molecule has 0 N–H and O–H groups in total. The molecule has 0 fully saturated rings. The van der Waals surface area contributed by atoms with Gasteiger partial charge in [0, 0.05) is 16.8 Å². The molecular weight excluding hydrogens is 385 g/mol. The van der Waals surface area contributed by atoms with Crippen LogP contribution in [0.25, 0.3) is 5.57 Å². The Kier molecular flexibility index (Phi) is 6.02. The second-order valence-electron chi connectivity index (χ2n) is 6.52. The van der Waals surface area contributed by atoms with Crippen LogP contribution in [0, 0.1) is 5.82 Å². The number of benzene rings is 2. The molecule has 1 aliphatic rings. The Morgan fingerprint density at radius 1 is 1.00 bits per heavy atom. The van der Waals surface area contributed by atoms with Crippen molar-refractivity contribution >= 4 is 40.8 Å². The molecule has 3 rings (SSSR count). The van der Waals surface area contributed by atoms with E-state index in [1.807, 2.05) is 13.8 Å². The zero-order chi connectivity index (χ0) is 19.6. The Morgan fingerprint density at radius 3 is 2.22 bits per heavy atom. The molecule has 1 heterocycles. The van der Waals surface area contributed by atoms with Crippen LogP contribution >= 0.6 is 23.4 Å². The van der Waals surface area contributed by atoms with Crippen molar-refractivity contribution in [3.63, 3.8) is 0 Å². The third kappa shape index (κ3) is 4.42. The van der Waals surface area contributed by atoms with Crippen molar-refractivity contribution in [3.05, 3.63) is 75.4 Å². The number of hydrogen-bond acceptors (Lipinski definition) is 3. The van der Waals surface area contributed by atoms with Gasteiger partial charge in [0.2, 0.25) is 0 Å². The van der Waals surface area contributed by atoms with E-state index < -0.39 is 0 Å². The molecule has 1 aliphatic heterocycles. The fourth-order valence-corrected chi connectivity index (χ4v) is 4.00. The minimum atomic E-state index is -0.311. The van der Waals surface area contributed by atoms with Gasteiger partial charge in [-0.15, -0.1) is 11.8 Å². The van der Waals surface area contributed by atoms with Crippen LogP contribution in [0.4, 0.5) is 4.39 Å². The number of rotatable bonds is 6. The second-order valence-corrected chi connectivity index (χ2v) is 8.54.